The van der Waals surface area contributed by atoms with Crippen molar-refractivity contribution in [2.45, 2.75) is 32.6 Å². The topological polar surface area (TPSA) is 51.7 Å². The van der Waals surface area contributed by atoms with Crippen LogP contribution >= 0.6 is 11.3 Å². The van der Waals surface area contributed by atoms with E-state index in [-0.39, 0.29) is 17.9 Å². The number of rotatable bonds is 7. The van der Waals surface area contributed by atoms with Gasteiger partial charge < -0.3 is 14.4 Å². The fourth-order valence-electron chi connectivity index (χ4n) is 4.21. The monoisotopic (exact) mass is 498 g/mol. The van der Waals surface area contributed by atoms with Gasteiger partial charge in [-0.2, -0.15) is 0 Å². The Morgan fingerprint density at radius 2 is 1.81 bits per heavy atom. The molecule has 5 nitrogen and oxygen atoms in total. The molecule has 6 heteroatoms. The van der Waals surface area contributed by atoms with Crippen LogP contribution in [0.4, 0.5) is 5.69 Å². The number of thiazole rings is 1. The van der Waals surface area contributed by atoms with E-state index >= 15 is 0 Å². The number of aromatic nitrogens is 1. The van der Waals surface area contributed by atoms with Gasteiger partial charge in [-0.05, 0) is 46.9 Å². The molecule has 0 unspecified atom stereocenters. The molecule has 1 aliphatic heterocycles. The van der Waals surface area contributed by atoms with E-state index in [1.807, 2.05) is 48.5 Å². The van der Waals surface area contributed by atoms with Crippen LogP contribution in [0, 0.1) is 0 Å². The highest BCUT2D eigenvalue weighted by Gasteiger charge is 2.26. The number of fused-ring (bicyclic) bond motifs is 1. The van der Waals surface area contributed by atoms with Crippen molar-refractivity contribution in [1.82, 2.24) is 4.98 Å². The Morgan fingerprint density at radius 1 is 1.03 bits per heavy atom. The van der Waals surface area contributed by atoms with Gasteiger partial charge in [-0.3, -0.25) is 4.79 Å². The summed E-state index contributed by atoms with van der Waals surface area (Å²) in [6, 6.07) is 24.4. The number of nitrogens with zero attached hydrogens (tertiary/aromatic N) is 2. The lowest BCUT2D eigenvalue weighted by molar-refractivity contribution is -0.121. The maximum absolute atomic E-state index is 12.7. The summed E-state index contributed by atoms with van der Waals surface area (Å²) in [7, 11) is 0. The van der Waals surface area contributed by atoms with E-state index in [1.54, 1.807) is 16.2 Å². The van der Waals surface area contributed by atoms with E-state index in [0.29, 0.717) is 18.9 Å². The quantitative estimate of drug-likeness (QED) is 0.292. The summed E-state index contributed by atoms with van der Waals surface area (Å²) in [5, 5.41) is 3.13. The van der Waals surface area contributed by atoms with Crippen molar-refractivity contribution in [3.8, 4) is 22.8 Å². The van der Waals surface area contributed by atoms with Crippen LogP contribution in [0.5, 0.6) is 11.5 Å². The van der Waals surface area contributed by atoms with Crippen molar-refractivity contribution < 1.29 is 14.3 Å². The predicted octanol–water partition coefficient (Wildman–Crippen LogP) is 6.50. The summed E-state index contributed by atoms with van der Waals surface area (Å²) in [5.74, 6) is 1.42. The average molecular weight is 499 g/mol. The highest BCUT2D eigenvalue weighted by atomic mass is 32.1. The number of anilines is 1. The van der Waals surface area contributed by atoms with Crippen LogP contribution in [0.15, 0.2) is 78.2 Å². The van der Waals surface area contributed by atoms with Gasteiger partial charge in [0.05, 0.1) is 22.9 Å². The summed E-state index contributed by atoms with van der Waals surface area (Å²) in [5.41, 5.74) is 5.22. The summed E-state index contributed by atoms with van der Waals surface area (Å²) in [6.07, 6.45) is 0.804. The van der Waals surface area contributed by atoms with E-state index in [2.05, 4.69) is 50.4 Å². The molecule has 0 radical (unpaired) electrons. The molecule has 184 valence electrons. The Labute approximate surface area is 216 Å². The second kappa shape index (κ2) is 10.2. The molecular weight excluding hydrogens is 468 g/mol. The summed E-state index contributed by atoms with van der Waals surface area (Å²) in [4.78, 5) is 19.3. The number of amides is 1. The molecular formula is C30H30N2O3S. The maximum atomic E-state index is 12.7. The predicted molar refractivity (Wildman–Crippen MR) is 145 cm³/mol. The summed E-state index contributed by atoms with van der Waals surface area (Å²) in [6.45, 7) is 7.43. The Morgan fingerprint density at radius 3 is 2.56 bits per heavy atom. The van der Waals surface area contributed by atoms with Crippen LogP contribution in [-0.4, -0.2) is 30.6 Å². The summed E-state index contributed by atoms with van der Waals surface area (Å²) >= 11 is 1.65. The standard InChI is InChI=1S/C30H30N2O3S/c1-30(2,3)23-10-12-24(13-11-23)34-16-15-32-26-18-22(9-14-27(26)35-19-29(32)33)25-20-36-28(31-25)17-21-7-5-4-6-8-21/h4-14,18,20H,15-17,19H2,1-3H3. The largest absolute Gasteiger partial charge is 0.492 e. The number of carbonyl (C=O) groups is 1. The molecule has 0 spiro atoms. The molecule has 4 aromatic rings. The molecule has 0 atom stereocenters. The molecule has 1 aliphatic rings. The lowest BCUT2D eigenvalue weighted by atomic mass is 9.87. The van der Waals surface area contributed by atoms with E-state index in [0.717, 1.165) is 34.1 Å². The van der Waals surface area contributed by atoms with Gasteiger partial charge in [-0.1, -0.05) is 63.2 Å². The third-order valence-electron chi connectivity index (χ3n) is 6.25. The van der Waals surface area contributed by atoms with Gasteiger partial charge in [0.15, 0.2) is 6.61 Å². The molecule has 2 heterocycles. The third-order valence-corrected chi connectivity index (χ3v) is 7.10. The zero-order valence-electron chi connectivity index (χ0n) is 20.9. The minimum atomic E-state index is -0.0747. The molecule has 0 saturated carbocycles. The first kappa shape index (κ1) is 24.1. The third kappa shape index (κ3) is 5.44. The first-order chi connectivity index (χ1) is 17.4. The zero-order chi connectivity index (χ0) is 25.1. The van der Waals surface area contributed by atoms with Gasteiger partial charge in [0.1, 0.15) is 18.1 Å². The second-order valence-electron chi connectivity index (χ2n) is 9.93. The smallest absolute Gasteiger partial charge is 0.265 e. The molecule has 0 N–H and O–H groups in total. The number of carbonyl (C=O) groups excluding carboxylic acids is 1. The van der Waals surface area contributed by atoms with Crippen molar-refractivity contribution in [2.75, 3.05) is 24.7 Å². The van der Waals surface area contributed by atoms with Crippen LogP contribution < -0.4 is 14.4 Å². The highest BCUT2D eigenvalue weighted by Crippen LogP contribution is 2.36. The average Bonchev–Trinajstić information content (AvgIpc) is 3.34. The minimum absolute atomic E-state index is 0.0323. The van der Waals surface area contributed by atoms with Crippen molar-refractivity contribution >= 4 is 22.9 Å². The van der Waals surface area contributed by atoms with Crippen molar-refractivity contribution in [3.63, 3.8) is 0 Å². The van der Waals surface area contributed by atoms with Crippen LogP contribution in [-0.2, 0) is 16.6 Å². The summed E-state index contributed by atoms with van der Waals surface area (Å²) < 4.78 is 11.7. The Kier molecular flexibility index (Phi) is 6.79. The van der Waals surface area contributed by atoms with Gasteiger partial charge in [-0.25, -0.2) is 4.98 Å². The second-order valence-corrected chi connectivity index (χ2v) is 10.9. The molecule has 0 bridgehead atoms. The number of benzene rings is 3. The van der Waals surface area contributed by atoms with Crippen molar-refractivity contribution in [3.05, 3.63) is 94.3 Å². The van der Waals surface area contributed by atoms with E-state index in [1.165, 1.54) is 11.1 Å². The van der Waals surface area contributed by atoms with Crippen molar-refractivity contribution in [2.24, 2.45) is 0 Å². The van der Waals surface area contributed by atoms with Gasteiger partial charge in [0, 0.05) is 17.4 Å². The van der Waals surface area contributed by atoms with Gasteiger partial charge in [0.2, 0.25) is 0 Å². The van der Waals surface area contributed by atoms with Gasteiger partial charge in [-0.15, -0.1) is 11.3 Å². The number of hydrogen-bond acceptors (Lipinski definition) is 5. The van der Waals surface area contributed by atoms with E-state index in [4.69, 9.17) is 14.5 Å². The Balaban J connectivity index is 1.29. The highest BCUT2D eigenvalue weighted by molar-refractivity contribution is 7.10. The first-order valence-electron chi connectivity index (χ1n) is 12.2. The molecule has 0 aliphatic carbocycles. The minimum Gasteiger partial charge on any atom is -0.492 e. The Bertz CT molecular complexity index is 1340. The number of ether oxygens (including phenoxy) is 2. The molecule has 36 heavy (non-hydrogen) atoms. The van der Waals surface area contributed by atoms with E-state index in [9.17, 15) is 4.79 Å². The van der Waals surface area contributed by atoms with Gasteiger partial charge >= 0.3 is 0 Å². The molecule has 0 fully saturated rings. The SMILES string of the molecule is CC(C)(C)c1ccc(OCCN2C(=O)COc3ccc(-c4csc(Cc5ccccc5)n4)cc32)cc1. The number of hydrogen-bond donors (Lipinski definition) is 0. The fraction of sp³-hybridized carbons (Fsp3) is 0.267. The van der Waals surface area contributed by atoms with Gasteiger partial charge in [0.25, 0.3) is 5.91 Å². The molecule has 3 aromatic carbocycles. The van der Waals surface area contributed by atoms with Crippen LogP contribution in [0.25, 0.3) is 11.3 Å². The maximum Gasteiger partial charge on any atom is 0.265 e. The Hall–Kier alpha value is -3.64. The van der Waals surface area contributed by atoms with Crippen LogP contribution in [0.1, 0.15) is 36.9 Å². The molecule has 1 amide bonds. The zero-order valence-corrected chi connectivity index (χ0v) is 21.7. The van der Waals surface area contributed by atoms with Crippen LogP contribution in [0.3, 0.4) is 0 Å². The fourth-order valence-corrected chi connectivity index (χ4v) is 5.05. The lowest BCUT2D eigenvalue weighted by Crippen LogP contribution is -2.41. The van der Waals surface area contributed by atoms with E-state index < -0.39 is 0 Å². The van der Waals surface area contributed by atoms with Crippen molar-refractivity contribution in [1.29, 1.82) is 0 Å². The normalized spacial score (nSPS) is 13.3. The first-order valence-corrected chi connectivity index (χ1v) is 13.0. The molecule has 5 rings (SSSR count). The molecule has 1 aromatic heterocycles. The lowest BCUT2D eigenvalue weighted by Gasteiger charge is -2.29. The molecule has 0 saturated heterocycles. The van der Waals surface area contributed by atoms with Crippen LogP contribution in [0.2, 0.25) is 0 Å².